The fraction of sp³-hybridized carbons (Fsp3) is 0.800. The van der Waals surface area contributed by atoms with Gasteiger partial charge in [0.1, 0.15) is 6.54 Å². The number of nitrogens with one attached hydrogen (secondary N) is 1. The molecule has 0 aromatic carbocycles. The van der Waals surface area contributed by atoms with Crippen molar-refractivity contribution in [1.82, 2.24) is 25.3 Å². The van der Waals surface area contributed by atoms with Crippen molar-refractivity contribution in [2.24, 2.45) is 5.92 Å². The molecule has 2 rings (SSSR count). The quantitative estimate of drug-likeness (QED) is 0.862. The van der Waals surface area contributed by atoms with Crippen LogP contribution < -0.4 is 5.32 Å². The molecule has 0 radical (unpaired) electrons. The summed E-state index contributed by atoms with van der Waals surface area (Å²) in [7, 11) is 1.74. The Morgan fingerprint density at radius 3 is 2.86 bits per heavy atom. The van der Waals surface area contributed by atoms with Gasteiger partial charge in [-0.15, -0.1) is 10.2 Å². The van der Waals surface area contributed by atoms with E-state index in [1.54, 1.807) is 11.9 Å². The predicted molar refractivity (Wildman–Crippen MR) is 83.4 cm³/mol. The van der Waals surface area contributed by atoms with Crippen LogP contribution >= 0.6 is 0 Å². The number of likely N-dealkylation sites (tertiary alicyclic amines) is 1. The summed E-state index contributed by atoms with van der Waals surface area (Å²) in [6.07, 6.45) is 3.11. The minimum absolute atomic E-state index is 0.0927. The minimum atomic E-state index is -0.0927. The van der Waals surface area contributed by atoms with E-state index in [4.69, 9.17) is 4.42 Å². The summed E-state index contributed by atoms with van der Waals surface area (Å²) in [5, 5.41) is 10.8. The van der Waals surface area contributed by atoms with Crippen LogP contribution in [0.4, 0.5) is 4.79 Å². The molecule has 0 aliphatic carbocycles. The molecule has 1 N–H and O–H groups in total. The molecule has 7 nitrogen and oxygen atoms in total. The van der Waals surface area contributed by atoms with Crippen molar-refractivity contribution >= 4 is 6.03 Å². The molecule has 0 saturated carbocycles. The molecule has 1 atom stereocenters. The molecule has 1 aliphatic rings. The number of piperidine rings is 1. The largest absolute Gasteiger partial charge is 0.423 e. The van der Waals surface area contributed by atoms with Gasteiger partial charge in [-0.1, -0.05) is 13.8 Å². The van der Waals surface area contributed by atoms with Crippen molar-refractivity contribution in [3.63, 3.8) is 0 Å². The van der Waals surface area contributed by atoms with Crippen molar-refractivity contribution in [2.75, 3.05) is 33.2 Å². The first-order valence-electron chi connectivity index (χ1n) is 8.14. The van der Waals surface area contributed by atoms with Crippen molar-refractivity contribution in [1.29, 1.82) is 0 Å². The van der Waals surface area contributed by atoms with Crippen LogP contribution in [0.25, 0.3) is 0 Å². The molecular formula is C15H27N5O2. The van der Waals surface area contributed by atoms with Crippen LogP contribution in [0.2, 0.25) is 0 Å². The Kier molecular flexibility index (Phi) is 6.18. The summed E-state index contributed by atoms with van der Waals surface area (Å²) >= 11 is 0. The average Bonchev–Trinajstić information content (AvgIpc) is 3.00. The molecule has 1 aliphatic heterocycles. The highest BCUT2D eigenvalue weighted by molar-refractivity contribution is 5.73. The maximum atomic E-state index is 12.1. The molecule has 2 heterocycles. The minimum Gasteiger partial charge on any atom is -0.423 e. The summed E-state index contributed by atoms with van der Waals surface area (Å²) in [6.45, 7) is 8.54. The summed E-state index contributed by atoms with van der Waals surface area (Å²) in [4.78, 5) is 16.1. The second-order valence-corrected chi connectivity index (χ2v) is 5.89. The normalized spacial score (nSPS) is 19.1. The number of rotatable bonds is 6. The van der Waals surface area contributed by atoms with Gasteiger partial charge in [-0.25, -0.2) is 4.79 Å². The highest BCUT2D eigenvalue weighted by Gasteiger charge is 2.20. The third-order valence-corrected chi connectivity index (χ3v) is 4.12. The topological polar surface area (TPSA) is 74.5 Å². The molecule has 0 unspecified atom stereocenters. The lowest BCUT2D eigenvalue weighted by molar-refractivity contribution is 0.171. The standard InChI is InChI=1S/C15H27N5O2/c1-4-13-17-18-14(22-13)11-19(3)15(21)16-9-12-7-6-8-20(5-2)10-12/h12H,4-11H2,1-3H3,(H,16,21)/t12-/m1/s1. The number of aryl methyl sites for hydroxylation is 1. The molecule has 22 heavy (non-hydrogen) atoms. The van der Waals surface area contributed by atoms with E-state index < -0.39 is 0 Å². The Labute approximate surface area is 132 Å². The number of urea groups is 1. The highest BCUT2D eigenvalue weighted by Crippen LogP contribution is 2.15. The van der Waals surface area contributed by atoms with E-state index in [0.29, 0.717) is 30.7 Å². The van der Waals surface area contributed by atoms with E-state index in [0.717, 1.165) is 19.6 Å². The molecule has 1 aromatic rings. The second kappa shape index (κ2) is 8.12. The first kappa shape index (κ1) is 16.7. The van der Waals surface area contributed by atoms with Crippen molar-refractivity contribution < 1.29 is 9.21 Å². The zero-order valence-electron chi connectivity index (χ0n) is 13.8. The summed E-state index contributed by atoms with van der Waals surface area (Å²) in [5.41, 5.74) is 0. The number of amides is 2. The van der Waals surface area contributed by atoms with Crippen LogP contribution in [-0.2, 0) is 13.0 Å². The van der Waals surface area contributed by atoms with E-state index in [1.165, 1.54) is 19.4 Å². The van der Waals surface area contributed by atoms with Crippen LogP contribution in [0.15, 0.2) is 4.42 Å². The van der Waals surface area contributed by atoms with Gasteiger partial charge in [0.15, 0.2) is 0 Å². The van der Waals surface area contributed by atoms with Gasteiger partial charge in [0.25, 0.3) is 0 Å². The first-order chi connectivity index (χ1) is 10.6. The van der Waals surface area contributed by atoms with Crippen molar-refractivity contribution in [3.05, 3.63) is 11.8 Å². The van der Waals surface area contributed by atoms with Crippen LogP contribution in [0.5, 0.6) is 0 Å². The molecule has 1 aromatic heterocycles. The van der Waals surface area contributed by atoms with Crippen molar-refractivity contribution in [2.45, 2.75) is 39.7 Å². The number of carbonyl (C=O) groups is 1. The van der Waals surface area contributed by atoms with Gasteiger partial charge in [0, 0.05) is 26.6 Å². The molecule has 0 bridgehead atoms. The molecular weight excluding hydrogens is 282 g/mol. The Bertz CT molecular complexity index is 476. The fourth-order valence-electron chi connectivity index (χ4n) is 2.74. The van der Waals surface area contributed by atoms with Crippen LogP contribution in [-0.4, -0.2) is 59.3 Å². The van der Waals surface area contributed by atoms with Crippen molar-refractivity contribution in [3.8, 4) is 0 Å². The Morgan fingerprint density at radius 2 is 2.18 bits per heavy atom. The lowest BCUT2D eigenvalue weighted by atomic mass is 9.98. The van der Waals surface area contributed by atoms with Gasteiger partial charge in [0.2, 0.25) is 11.8 Å². The average molecular weight is 309 g/mol. The number of aromatic nitrogens is 2. The van der Waals surface area contributed by atoms with Gasteiger partial charge in [-0.05, 0) is 31.8 Å². The number of hydrogen-bond donors (Lipinski definition) is 1. The fourth-order valence-corrected chi connectivity index (χ4v) is 2.74. The smallest absolute Gasteiger partial charge is 0.317 e. The van der Waals surface area contributed by atoms with Gasteiger partial charge in [-0.3, -0.25) is 0 Å². The molecule has 124 valence electrons. The van der Waals surface area contributed by atoms with E-state index >= 15 is 0 Å². The van der Waals surface area contributed by atoms with E-state index in [1.807, 2.05) is 6.92 Å². The number of hydrogen-bond acceptors (Lipinski definition) is 5. The van der Waals surface area contributed by atoms with E-state index in [-0.39, 0.29) is 6.03 Å². The molecule has 2 amide bonds. The summed E-state index contributed by atoms with van der Waals surface area (Å²) < 4.78 is 5.43. The van der Waals surface area contributed by atoms with E-state index in [9.17, 15) is 4.79 Å². The number of nitrogens with zero attached hydrogens (tertiary/aromatic N) is 4. The third kappa shape index (κ3) is 4.69. The number of carbonyl (C=O) groups excluding carboxylic acids is 1. The van der Waals surface area contributed by atoms with E-state index in [2.05, 4.69) is 27.3 Å². The lowest BCUT2D eigenvalue weighted by Gasteiger charge is -2.32. The second-order valence-electron chi connectivity index (χ2n) is 5.89. The van der Waals surface area contributed by atoms with Crippen LogP contribution in [0.3, 0.4) is 0 Å². The molecule has 7 heteroatoms. The Morgan fingerprint density at radius 1 is 1.41 bits per heavy atom. The summed E-state index contributed by atoms with van der Waals surface area (Å²) in [6, 6.07) is -0.0927. The van der Waals surface area contributed by atoms with Gasteiger partial charge in [0.05, 0.1) is 0 Å². The first-order valence-corrected chi connectivity index (χ1v) is 8.14. The van der Waals surface area contributed by atoms with Crippen LogP contribution in [0.1, 0.15) is 38.5 Å². The monoisotopic (exact) mass is 309 g/mol. The SMILES string of the molecule is CCc1nnc(CN(C)C(=O)NC[C@H]2CCCN(CC)C2)o1. The predicted octanol–water partition coefficient (Wildman–Crippen LogP) is 1.51. The zero-order valence-corrected chi connectivity index (χ0v) is 13.8. The lowest BCUT2D eigenvalue weighted by Crippen LogP contribution is -2.44. The van der Waals surface area contributed by atoms with Gasteiger partial charge in [-0.2, -0.15) is 0 Å². The molecule has 0 spiro atoms. The third-order valence-electron chi connectivity index (χ3n) is 4.12. The van der Waals surface area contributed by atoms with Gasteiger partial charge < -0.3 is 19.5 Å². The Balaban J connectivity index is 1.74. The Hall–Kier alpha value is -1.63. The molecule has 1 fully saturated rings. The summed E-state index contributed by atoms with van der Waals surface area (Å²) in [5.74, 6) is 1.62. The van der Waals surface area contributed by atoms with Gasteiger partial charge >= 0.3 is 6.03 Å². The zero-order chi connectivity index (χ0) is 15.9. The van der Waals surface area contributed by atoms with Crippen LogP contribution in [0, 0.1) is 5.92 Å². The maximum absolute atomic E-state index is 12.1. The molecule has 1 saturated heterocycles. The highest BCUT2D eigenvalue weighted by atomic mass is 16.4. The maximum Gasteiger partial charge on any atom is 0.317 e.